The van der Waals surface area contributed by atoms with Crippen LogP contribution in [0.15, 0.2) is 86.0 Å². The number of allylic oxidation sites excluding steroid dienone is 4. The third-order valence-corrected chi connectivity index (χ3v) is 6.96. The van der Waals surface area contributed by atoms with Crippen LogP contribution in [-0.4, -0.2) is 25.4 Å². The van der Waals surface area contributed by atoms with Crippen molar-refractivity contribution < 1.29 is 4.52 Å². The SMILES string of the molecule is CCSc1nc(C)c(-c2ccccc2)c(=O)n1Cc1ccc(C2=CCCC=C2c2noc(=O)[nH]2)cc1. The smallest absolute Gasteiger partial charge is 0.296 e. The lowest BCUT2D eigenvalue weighted by atomic mass is 9.91. The topological polar surface area (TPSA) is 93.8 Å². The molecule has 0 atom stereocenters. The Hall–Kier alpha value is -3.91. The van der Waals surface area contributed by atoms with Gasteiger partial charge in [-0.3, -0.25) is 18.9 Å². The molecule has 1 aliphatic carbocycles. The highest BCUT2D eigenvalue weighted by atomic mass is 32.2. The maximum atomic E-state index is 13.7. The molecule has 0 saturated carbocycles. The van der Waals surface area contributed by atoms with E-state index < -0.39 is 5.76 Å². The van der Waals surface area contributed by atoms with Crippen molar-refractivity contribution in [2.75, 3.05) is 5.75 Å². The standard InChI is InChI=1S/C28H26N4O3S/c1-3-36-27-29-18(2)24(21-9-5-4-6-10-21)26(33)32(27)17-19-13-15-20(16-14-19)22-11-7-8-12-23(22)25-30-28(34)35-31-25/h4-6,9-16H,3,7-8,17H2,1-2H3,(H,30,31,34). The monoisotopic (exact) mass is 498 g/mol. The van der Waals surface area contributed by atoms with Crippen LogP contribution in [0.3, 0.4) is 0 Å². The Bertz CT molecular complexity index is 1560. The highest BCUT2D eigenvalue weighted by molar-refractivity contribution is 7.99. The first kappa shape index (κ1) is 23.8. The van der Waals surface area contributed by atoms with E-state index in [0.29, 0.717) is 17.9 Å². The number of benzene rings is 2. The van der Waals surface area contributed by atoms with Gasteiger partial charge in [-0.15, -0.1) is 0 Å². The van der Waals surface area contributed by atoms with E-state index in [9.17, 15) is 9.59 Å². The van der Waals surface area contributed by atoms with E-state index in [4.69, 9.17) is 9.51 Å². The molecule has 182 valence electrons. The number of thioether (sulfide) groups is 1. The van der Waals surface area contributed by atoms with Gasteiger partial charge in [-0.2, -0.15) is 0 Å². The molecule has 2 aromatic heterocycles. The van der Waals surface area contributed by atoms with Crippen molar-refractivity contribution in [2.24, 2.45) is 0 Å². The molecule has 0 bridgehead atoms. The van der Waals surface area contributed by atoms with Crippen molar-refractivity contribution in [1.29, 1.82) is 0 Å². The van der Waals surface area contributed by atoms with Crippen LogP contribution in [0.25, 0.3) is 22.3 Å². The molecule has 7 nitrogen and oxygen atoms in total. The summed E-state index contributed by atoms with van der Waals surface area (Å²) in [5, 5.41) is 4.59. The normalized spacial score (nSPS) is 13.4. The molecule has 4 aromatic rings. The van der Waals surface area contributed by atoms with E-state index in [-0.39, 0.29) is 5.56 Å². The number of H-pyrrole nitrogens is 1. The zero-order valence-corrected chi connectivity index (χ0v) is 21.0. The van der Waals surface area contributed by atoms with Gasteiger partial charge in [-0.1, -0.05) is 90.6 Å². The zero-order chi connectivity index (χ0) is 25.1. The number of hydrogen-bond acceptors (Lipinski definition) is 6. The van der Waals surface area contributed by atoms with E-state index in [2.05, 4.69) is 29.2 Å². The van der Waals surface area contributed by atoms with Gasteiger partial charge in [0, 0.05) is 5.57 Å². The summed E-state index contributed by atoms with van der Waals surface area (Å²) >= 11 is 1.57. The highest BCUT2D eigenvalue weighted by Gasteiger charge is 2.18. The first-order valence-electron chi connectivity index (χ1n) is 11.9. The summed E-state index contributed by atoms with van der Waals surface area (Å²) in [6.07, 6.45) is 5.99. The van der Waals surface area contributed by atoms with E-state index in [1.165, 1.54) is 0 Å². The van der Waals surface area contributed by atoms with E-state index >= 15 is 0 Å². The van der Waals surface area contributed by atoms with Crippen LogP contribution in [0.5, 0.6) is 0 Å². The molecule has 0 saturated heterocycles. The number of aromatic nitrogens is 4. The second kappa shape index (κ2) is 10.4. The highest BCUT2D eigenvalue weighted by Crippen LogP contribution is 2.33. The summed E-state index contributed by atoms with van der Waals surface area (Å²) in [7, 11) is 0. The maximum Gasteiger partial charge on any atom is 0.439 e. The summed E-state index contributed by atoms with van der Waals surface area (Å²) in [6, 6.07) is 17.8. The van der Waals surface area contributed by atoms with Crippen LogP contribution in [0.4, 0.5) is 0 Å². The lowest BCUT2D eigenvalue weighted by Gasteiger charge is -2.17. The van der Waals surface area contributed by atoms with Crippen LogP contribution in [0.1, 0.15) is 42.4 Å². The maximum absolute atomic E-state index is 13.7. The molecule has 8 heteroatoms. The average Bonchev–Trinajstić information content (AvgIpc) is 3.33. The molecule has 0 fully saturated rings. The van der Waals surface area contributed by atoms with Crippen molar-refractivity contribution in [3.8, 4) is 11.1 Å². The minimum absolute atomic E-state index is 0.0380. The van der Waals surface area contributed by atoms with Crippen molar-refractivity contribution in [2.45, 2.75) is 38.4 Å². The van der Waals surface area contributed by atoms with Gasteiger partial charge in [0.1, 0.15) is 0 Å². The molecule has 0 spiro atoms. The number of rotatable bonds is 7. The Kier molecular flexibility index (Phi) is 6.86. The predicted octanol–water partition coefficient (Wildman–Crippen LogP) is 5.32. The lowest BCUT2D eigenvalue weighted by molar-refractivity contribution is 0.385. The second-order valence-corrected chi connectivity index (χ2v) is 9.73. The minimum atomic E-state index is -0.570. The Labute approximate surface area is 212 Å². The van der Waals surface area contributed by atoms with Crippen molar-refractivity contribution in [3.63, 3.8) is 0 Å². The van der Waals surface area contributed by atoms with Gasteiger partial charge in [0.2, 0.25) is 0 Å². The van der Waals surface area contributed by atoms with Crippen molar-refractivity contribution in [1.82, 2.24) is 19.7 Å². The fraction of sp³-hybridized carbons (Fsp3) is 0.214. The quantitative estimate of drug-likeness (QED) is 0.274. The lowest BCUT2D eigenvalue weighted by Crippen LogP contribution is -2.26. The third-order valence-electron chi connectivity index (χ3n) is 6.11. The van der Waals surface area contributed by atoms with Crippen LogP contribution < -0.4 is 11.3 Å². The number of aryl methyl sites for hydroxylation is 1. The summed E-state index contributed by atoms with van der Waals surface area (Å²) in [6.45, 7) is 4.38. The Morgan fingerprint density at radius 2 is 1.69 bits per heavy atom. The molecular weight excluding hydrogens is 472 g/mol. The molecule has 0 aliphatic heterocycles. The van der Waals surface area contributed by atoms with Crippen LogP contribution in [-0.2, 0) is 6.54 Å². The van der Waals surface area contributed by atoms with Gasteiger partial charge in [-0.05, 0) is 47.8 Å². The third kappa shape index (κ3) is 4.77. The molecule has 36 heavy (non-hydrogen) atoms. The van der Waals surface area contributed by atoms with Crippen LogP contribution in [0.2, 0.25) is 0 Å². The number of hydrogen-bond donors (Lipinski definition) is 1. The first-order chi connectivity index (χ1) is 17.5. The number of nitrogens with one attached hydrogen (secondary N) is 1. The summed E-state index contributed by atoms with van der Waals surface area (Å²) in [5.74, 6) is 0.684. The summed E-state index contributed by atoms with van der Waals surface area (Å²) < 4.78 is 6.48. The van der Waals surface area contributed by atoms with Crippen molar-refractivity contribution in [3.05, 3.63) is 110 Å². The molecule has 1 N–H and O–H groups in total. The molecule has 0 radical (unpaired) electrons. The largest absolute Gasteiger partial charge is 0.439 e. The van der Waals surface area contributed by atoms with Crippen LogP contribution >= 0.6 is 11.8 Å². The van der Waals surface area contributed by atoms with Gasteiger partial charge >= 0.3 is 5.76 Å². The fourth-order valence-electron chi connectivity index (χ4n) is 4.44. The number of nitrogens with zero attached hydrogens (tertiary/aromatic N) is 3. The molecule has 2 aromatic carbocycles. The van der Waals surface area contributed by atoms with E-state index in [0.717, 1.165) is 57.3 Å². The molecule has 0 amide bonds. The van der Waals surface area contributed by atoms with Gasteiger partial charge in [-0.25, -0.2) is 9.78 Å². The first-order valence-corrected chi connectivity index (χ1v) is 12.9. The van der Waals surface area contributed by atoms with E-state index in [1.807, 2.05) is 61.5 Å². The average molecular weight is 499 g/mol. The minimum Gasteiger partial charge on any atom is -0.296 e. The molecule has 2 heterocycles. The molecular formula is C28H26N4O3S. The van der Waals surface area contributed by atoms with Gasteiger partial charge in [0.25, 0.3) is 5.56 Å². The van der Waals surface area contributed by atoms with E-state index in [1.54, 1.807) is 16.3 Å². The molecule has 1 aliphatic rings. The fourth-order valence-corrected chi connectivity index (χ4v) is 5.21. The molecule has 5 rings (SSSR count). The zero-order valence-electron chi connectivity index (χ0n) is 20.2. The van der Waals surface area contributed by atoms with Crippen LogP contribution in [0, 0.1) is 6.92 Å². The summed E-state index contributed by atoms with van der Waals surface area (Å²) in [5.41, 5.74) is 6.08. The number of aromatic amines is 1. The Morgan fingerprint density at radius 1 is 0.972 bits per heavy atom. The van der Waals surface area contributed by atoms with Gasteiger partial charge in [0.15, 0.2) is 11.0 Å². The Morgan fingerprint density at radius 3 is 2.36 bits per heavy atom. The Balaban J connectivity index is 1.48. The second-order valence-electron chi connectivity index (χ2n) is 8.50. The predicted molar refractivity (Wildman–Crippen MR) is 143 cm³/mol. The van der Waals surface area contributed by atoms with Gasteiger partial charge in [0.05, 0.1) is 17.8 Å². The molecule has 0 unspecified atom stereocenters. The summed E-state index contributed by atoms with van der Waals surface area (Å²) in [4.78, 5) is 32.6. The van der Waals surface area contributed by atoms with Gasteiger partial charge < -0.3 is 0 Å². The van der Waals surface area contributed by atoms with Crippen molar-refractivity contribution >= 4 is 22.9 Å².